The summed E-state index contributed by atoms with van der Waals surface area (Å²) in [5, 5.41) is 11.4. The number of halogens is 2. The summed E-state index contributed by atoms with van der Waals surface area (Å²) in [5.41, 5.74) is 1.64. The third-order valence-electron chi connectivity index (χ3n) is 3.36. The Morgan fingerprint density at radius 1 is 1.21 bits per heavy atom. The molecule has 1 unspecified atom stereocenters. The maximum absolute atomic E-state index is 12.9. The Bertz CT molecular complexity index is 808. The van der Waals surface area contributed by atoms with E-state index in [1.54, 1.807) is 18.2 Å². The lowest BCUT2D eigenvalue weighted by molar-refractivity contribution is -0.118. The summed E-state index contributed by atoms with van der Waals surface area (Å²) in [6.45, 7) is 0. The van der Waals surface area contributed by atoms with Crippen molar-refractivity contribution in [3.63, 3.8) is 0 Å². The molecule has 0 bridgehead atoms. The van der Waals surface area contributed by atoms with E-state index in [1.165, 1.54) is 30.1 Å². The van der Waals surface area contributed by atoms with E-state index < -0.39 is 0 Å². The fraction of sp³-hybridized carbons (Fsp3) is 0.118. The molecule has 2 aromatic rings. The van der Waals surface area contributed by atoms with Crippen LogP contribution in [0.4, 0.5) is 4.39 Å². The Labute approximate surface area is 147 Å². The first kappa shape index (κ1) is 16.7. The van der Waals surface area contributed by atoms with Crippen LogP contribution in [0.25, 0.3) is 0 Å². The van der Waals surface area contributed by atoms with Crippen LogP contribution >= 0.6 is 23.4 Å². The molecule has 4 nitrogen and oxygen atoms in total. The van der Waals surface area contributed by atoms with Gasteiger partial charge in [0.05, 0.1) is 11.5 Å². The van der Waals surface area contributed by atoms with E-state index in [9.17, 15) is 9.18 Å². The maximum Gasteiger partial charge on any atom is 0.239 e. The Hall–Kier alpha value is -2.18. The molecule has 1 heterocycles. The molecule has 1 aliphatic rings. The first-order valence-corrected chi connectivity index (χ1v) is 8.45. The van der Waals surface area contributed by atoms with Gasteiger partial charge in [0, 0.05) is 10.6 Å². The first-order chi connectivity index (χ1) is 11.6. The number of rotatable bonds is 4. The van der Waals surface area contributed by atoms with Crippen LogP contribution in [0.2, 0.25) is 5.02 Å². The molecule has 122 valence electrons. The van der Waals surface area contributed by atoms with Gasteiger partial charge in [-0.1, -0.05) is 53.7 Å². The Morgan fingerprint density at radius 3 is 2.71 bits per heavy atom. The van der Waals surface area contributed by atoms with Gasteiger partial charge in [0.2, 0.25) is 5.91 Å². The zero-order valence-corrected chi connectivity index (χ0v) is 14.0. The number of benzene rings is 2. The molecule has 2 aromatic carbocycles. The second kappa shape index (κ2) is 7.59. The number of hydrogen-bond acceptors (Lipinski definition) is 4. The lowest BCUT2D eigenvalue weighted by atomic mass is 10.1. The van der Waals surface area contributed by atoms with E-state index in [1.807, 2.05) is 18.2 Å². The summed E-state index contributed by atoms with van der Waals surface area (Å²) in [4.78, 5) is 12.0. The molecule has 1 fully saturated rings. The smallest absolute Gasteiger partial charge is 0.239 e. The highest BCUT2D eigenvalue weighted by molar-refractivity contribution is 8.15. The molecule has 0 radical (unpaired) electrons. The summed E-state index contributed by atoms with van der Waals surface area (Å²) < 4.78 is 12.9. The van der Waals surface area contributed by atoms with Crippen LogP contribution in [0.5, 0.6) is 0 Å². The van der Waals surface area contributed by atoms with E-state index in [-0.39, 0.29) is 17.0 Å². The van der Waals surface area contributed by atoms with Gasteiger partial charge in [0.25, 0.3) is 0 Å². The van der Waals surface area contributed by atoms with Crippen LogP contribution in [0.3, 0.4) is 0 Å². The number of nitrogens with zero attached hydrogens (tertiary/aromatic N) is 2. The molecular formula is C17H13ClFN3OS. The third kappa shape index (κ3) is 4.21. The molecule has 3 rings (SSSR count). The lowest BCUT2D eigenvalue weighted by Crippen LogP contribution is -2.25. The van der Waals surface area contributed by atoms with Crippen molar-refractivity contribution >= 4 is 40.7 Å². The van der Waals surface area contributed by atoms with E-state index in [4.69, 9.17) is 11.6 Å². The molecular weight excluding hydrogens is 349 g/mol. The van der Waals surface area contributed by atoms with Crippen molar-refractivity contribution < 1.29 is 9.18 Å². The normalized spacial score (nSPS) is 19.2. The summed E-state index contributed by atoms with van der Waals surface area (Å²) >= 11 is 7.33. The highest BCUT2D eigenvalue weighted by Gasteiger charge is 2.30. The van der Waals surface area contributed by atoms with Gasteiger partial charge in [-0.25, -0.2) is 4.39 Å². The van der Waals surface area contributed by atoms with Crippen molar-refractivity contribution in [2.75, 3.05) is 0 Å². The fourth-order valence-electron chi connectivity index (χ4n) is 2.14. The van der Waals surface area contributed by atoms with Gasteiger partial charge in [0.1, 0.15) is 5.82 Å². The molecule has 7 heteroatoms. The van der Waals surface area contributed by atoms with Gasteiger partial charge in [-0.15, -0.1) is 5.10 Å². The minimum atomic E-state index is -0.301. The predicted octanol–water partition coefficient (Wildman–Crippen LogP) is 3.64. The number of amides is 1. The van der Waals surface area contributed by atoms with Crippen molar-refractivity contribution in [3.05, 3.63) is 70.5 Å². The summed E-state index contributed by atoms with van der Waals surface area (Å²) in [7, 11) is 0. The molecule has 1 N–H and O–H groups in total. The average molecular weight is 362 g/mol. The van der Waals surface area contributed by atoms with E-state index in [0.717, 1.165) is 11.1 Å². The second-order valence-corrected chi connectivity index (χ2v) is 6.70. The zero-order valence-electron chi connectivity index (χ0n) is 12.4. The minimum Gasteiger partial charge on any atom is -0.303 e. The van der Waals surface area contributed by atoms with Crippen molar-refractivity contribution in [2.24, 2.45) is 10.2 Å². The van der Waals surface area contributed by atoms with Crippen molar-refractivity contribution in [3.8, 4) is 0 Å². The molecule has 24 heavy (non-hydrogen) atoms. The van der Waals surface area contributed by atoms with Crippen LogP contribution < -0.4 is 5.32 Å². The Kier molecular flexibility index (Phi) is 5.27. The summed E-state index contributed by atoms with van der Waals surface area (Å²) in [5.74, 6) is -0.422. The third-order valence-corrected chi connectivity index (χ3v) is 4.78. The Balaban J connectivity index is 1.63. The number of hydrogen-bond donors (Lipinski definition) is 1. The molecule has 1 aliphatic heterocycles. The van der Waals surface area contributed by atoms with Gasteiger partial charge in [0.15, 0.2) is 5.17 Å². The van der Waals surface area contributed by atoms with Gasteiger partial charge in [-0.05, 0) is 30.2 Å². The van der Waals surface area contributed by atoms with E-state index >= 15 is 0 Å². The standard InChI is InChI=1S/C17H13ClFN3OS/c18-14-4-2-1-3-12(14)10-20-22-17-21-16(23)15(24-17)9-11-5-7-13(19)8-6-11/h1-8,10,15H,9H2,(H,21,22,23). The monoisotopic (exact) mass is 361 g/mol. The maximum atomic E-state index is 12.9. The van der Waals surface area contributed by atoms with Crippen molar-refractivity contribution in [1.82, 2.24) is 5.32 Å². The van der Waals surface area contributed by atoms with Crippen LogP contribution in [0, 0.1) is 5.82 Å². The van der Waals surface area contributed by atoms with Gasteiger partial charge in [-0.3, -0.25) is 4.79 Å². The summed E-state index contributed by atoms with van der Waals surface area (Å²) in [6.07, 6.45) is 2.04. The zero-order chi connectivity index (χ0) is 16.9. The second-order valence-electron chi connectivity index (χ2n) is 5.10. The van der Waals surface area contributed by atoms with E-state index in [0.29, 0.717) is 16.6 Å². The molecule has 0 aliphatic carbocycles. The van der Waals surface area contributed by atoms with E-state index in [2.05, 4.69) is 15.5 Å². The first-order valence-electron chi connectivity index (χ1n) is 7.19. The summed E-state index contributed by atoms with van der Waals surface area (Å²) in [6, 6.07) is 13.4. The van der Waals surface area contributed by atoms with Gasteiger partial charge >= 0.3 is 0 Å². The topological polar surface area (TPSA) is 53.8 Å². The highest BCUT2D eigenvalue weighted by atomic mass is 35.5. The SMILES string of the molecule is O=C1NC(=NN=Cc2ccccc2Cl)SC1Cc1ccc(F)cc1. The largest absolute Gasteiger partial charge is 0.303 e. The highest BCUT2D eigenvalue weighted by Crippen LogP contribution is 2.23. The average Bonchev–Trinajstić information content (AvgIpc) is 2.91. The Morgan fingerprint density at radius 2 is 1.96 bits per heavy atom. The number of carbonyl (C=O) groups excluding carboxylic acids is 1. The molecule has 1 amide bonds. The number of amidine groups is 1. The minimum absolute atomic E-state index is 0.129. The van der Waals surface area contributed by atoms with Crippen LogP contribution in [0.15, 0.2) is 58.7 Å². The van der Waals surface area contributed by atoms with Crippen molar-refractivity contribution in [1.29, 1.82) is 0 Å². The molecule has 1 saturated heterocycles. The fourth-order valence-corrected chi connectivity index (χ4v) is 3.29. The lowest BCUT2D eigenvalue weighted by Gasteiger charge is -2.04. The van der Waals surface area contributed by atoms with Crippen LogP contribution in [-0.2, 0) is 11.2 Å². The predicted molar refractivity (Wildman–Crippen MR) is 96.1 cm³/mol. The van der Waals surface area contributed by atoms with Crippen LogP contribution in [0.1, 0.15) is 11.1 Å². The quantitative estimate of drug-likeness (QED) is 0.667. The number of carbonyl (C=O) groups is 1. The molecule has 0 saturated carbocycles. The van der Waals surface area contributed by atoms with Crippen molar-refractivity contribution in [2.45, 2.75) is 11.7 Å². The molecule has 0 spiro atoms. The van der Waals surface area contributed by atoms with Gasteiger partial charge < -0.3 is 5.32 Å². The molecule has 1 atom stereocenters. The van der Waals surface area contributed by atoms with Gasteiger partial charge in [-0.2, -0.15) is 5.10 Å². The number of nitrogens with one attached hydrogen (secondary N) is 1. The molecule has 0 aromatic heterocycles. The van der Waals surface area contributed by atoms with Crippen LogP contribution in [-0.4, -0.2) is 22.5 Å². The number of thioether (sulfide) groups is 1.